The van der Waals surface area contributed by atoms with E-state index in [1.54, 1.807) is 0 Å². The van der Waals surface area contributed by atoms with Gasteiger partial charge < -0.3 is 48.5 Å². The number of aliphatic carboxylic acids is 2. The van der Waals surface area contributed by atoms with Gasteiger partial charge in [-0.15, -0.1) is 0 Å². The van der Waals surface area contributed by atoms with Gasteiger partial charge in [-0.2, -0.15) is 0 Å². The van der Waals surface area contributed by atoms with Crippen molar-refractivity contribution in [1.82, 2.24) is 16.0 Å². The number of carbonyl (C=O) groups excluding carboxylic acids is 3. The van der Waals surface area contributed by atoms with Crippen LogP contribution in [0.3, 0.4) is 0 Å². The van der Waals surface area contributed by atoms with E-state index in [0.717, 1.165) is 0 Å². The minimum atomic E-state index is -1.65. The second-order valence-corrected chi connectivity index (χ2v) is 6.35. The first-order valence-electron chi connectivity index (χ1n) is 9.22. The van der Waals surface area contributed by atoms with Gasteiger partial charge in [-0.3, -0.25) is 24.2 Å². The normalized spacial score (nSPS) is 13.2. The van der Waals surface area contributed by atoms with E-state index < -0.39 is 67.4 Å². The summed E-state index contributed by atoms with van der Waals surface area (Å²) in [4.78, 5) is 62.2. The number of hydrogen-bond acceptors (Lipinski definition) is 8. The SMILES string of the molecule is NCC(=O)NC(CCCN=C(N)N)C(=O)NC(CCC(=O)O)C(=O)NC(CO)C(=O)O. The number of aliphatic hydroxyl groups is 1. The molecule has 15 heteroatoms. The number of guanidine groups is 1. The summed E-state index contributed by atoms with van der Waals surface area (Å²) in [7, 11) is 0. The molecule has 0 spiro atoms. The van der Waals surface area contributed by atoms with Crippen LogP contribution in [-0.4, -0.2) is 88.8 Å². The third kappa shape index (κ3) is 12.0. The topological polar surface area (TPSA) is 273 Å². The summed E-state index contributed by atoms with van der Waals surface area (Å²) in [5.41, 5.74) is 15.7. The predicted octanol–water partition coefficient (Wildman–Crippen LogP) is -4.61. The second-order valence-electron chi connectivity index (χ2n) is 6.35. The number of aliphatic hydroxyl groups excluding tert-OH is 1. The van der Waals surface area contributed by atoms with Crippen molar-refractivity contribution in [3.63, 3.8) is 0 Å². The number of nitrogens with two attached hydrogens (primary N) is 3. The monoisotopic (exact) mass is 447 g/mol. The molecule has 0 aliphatic carbocycles. The van der Waals surface area contributed by atoms with Crippen molar-refractivity contribution in [2.24, 2.45) is 22.2 Å². The van der Waals surface area contributed by atoms with Crippen molar-refractivity contribution in [2.75, 3.05) is 19.7 Å². The van der Waals surface area contributed by atoms with Crippen LogP contribution in [0.4, 0.5) is 0 Å². The third-order valence-electron chi connectivity index (χ3n) is 3.86. The number of rotatable bonds is 15. The number of hydrogen-bond donors (Lipinski definition) is 9. The van der Waals surface area contributed by atoms with Gasteiger partial charge in [0.1, 0.15) is 18.1 Å². The molecule has 176 valence electrons. The zero-order valence-corrected chi connectivity index (χ0v) is 16.7. The number of carboxylic acids is 2. The Kier molecular flexibility index (Phi) is 12.9. The first-order chi connectivity index (χ1) is 14.5. The zero-order chi connectivity index (χ0) is 24.0. The van der Waals surface area contributed by atoms with Crippen LogP contribution in [0.25, 0.3) is 0 Å². The molecule has 0 aliphatic rings. The van der Waals surface area contributed by atoms with Crippen LogP contribution in [0.2, 0.25) is 0 Å². The fourth-order valence-corrected chi connectivity index (χ4v) is 2.29. The molecule has 0 saturated carbocycles. The maximum atomic E-state index is 12.6. The molecule has 3 unspecified atom stereocenters. The number of amides is 3. The van der Waals surface area contributed by atoms with Crippen LogP contribution in [0.5, 0.6) is 0 Å². The number of aliphatic imine (C=N–C) groups is 1. The van der Waals surface area contributed by atoms with Crippen LogP contribution >= 0.6 is 0 Å². The minimum absolute atomic E-state index is 0.0655. The molecule has 0 aromatic heterocycles. The molecule has 0 saturated heterocycles. The standard InChI is InChI=1S/C16H29N7O8/c17-6-11(25)21-8(2-1-5-20-16(18)19)13(28)22-9(3-4-12(26)27)14(29)23-10(7-24)15(30)31/h8-10,24H,1-7,17H2,(H,21,25)(H,22,28)(H,23,29)(H,26,27)(H,30,31)(H4,18,19,20). The van der Waals surface area contributed by atoms with E-state index in [4.69, 9.17) is 32.5 Å². The molecule has 31 heavy (non-hydrogen) atoms. The number of carbonyl (C=O) groups is 5. The lowest BCUT2D eigenvalue weighted by molar-refractivity contribution is -0.144. The van der Waals surface area contributed by atoms with E-state index in [1.165, 1.54) is 0 Å². The van der Waals surface area contributed by atoms with Crippen molar-refractivity contribution in [1.29, 1.82) is 0 Å². The first-order valence-corrected chi connectivity index (χ1v) is 9.22. The molecule has 12 N–H and O–H groups in total. The Morgan fingerprint density at radius 1 is 0.871 bits per heavy atom. The molecule has 3 amide bonds. The molecule has 0 aromatic rings. The van der Waals surface area contributed by atoms with Crippen LogP contribution in [0.1, 0.15) is 25.7 Å². The Balaban J connectivity index is 5.34. The van der Waals surface area contributed by atoms with Gasteiger partial charge in [-0.25, -0.2) is 4.79 Å². The Morgan fingerprint density at radius 2 is 1.42 bits per heavy atom. The number of carboxylic acid groups (broad SMARTS) is 2. The molecule has 0 bridgehead atoms. The van der Waals surface area contributed by atoms with Crippen LogP contribution in [0.15, 0.2) is 4.99 Å². The van der Waals surface area contributed by atoms with Gasteiger partial charge in [0, 0.05) is 13.0 Å². The summed E-state index contributed by atoms with van der Waals surface area (Å²) in [6.45, 7) is -1.16. The van der Waals surface area contributed by atoms with Crippen LogP contribution in [-0.2, 0) is 24.0 Å². The highest BCUT2D eigenvalue weighted by Crippen LogP contribution is 2.04. The van der Waals surface area contributed by atoms with E-state index in [1.807, 2.05) is 5.32 Å². The Labute approximate surface area is 177 Å². The van der Waals surface area contributed by atoms with E-state index in [9.17, 15) is 24.0 Å². The molecule has 0 rings (SSSR count). The van der Waals surface area contributed by atoms with Crippen molar-refractivity contribution in [2.45, 2.75) is 43.8 Å². The van der Waals surface area contributed by atoms with Gasteiger partial charge in [0.2, 0.25) is 17.7 Å². The van der Waals surface area contributed by atoms with Gasteiger partial charge in [0.15, 0.2) is 5.96 Å². The Hall–Kier alpha value is -3.46. The van der Waals surface area contributed by atoms with Gasteiger partial charge >= 0.3 is 11.9 Å². The van der Waals surface area contributed by atoms with E-state index in [2.05, 4.69) is 15.6 Å². The van der Waals surface area contributed by atoms with Crippen molar-refractivity contribution < 1.29 is 39.3 Å². The Bertz CT molecular complexity index is 681. The predicted molar refractivity (Wildman–Crippen MR) is 106 cm³/mol. The van der Waals surface area contributed by atoms with E-state index >= 15 is 0 Å². The lowest BCUT2D eigenvalue weighted by atomic mass is 10.1. The summed E-state index contributed by atoms with van der Waals surface area (Å²) in [6, 6.07) is -4.23. The summed E-state index contributed by atoms with van der Waals surface area (Å²) < 4.78 is 0. The van der Waals surface area contributed by atoms with E-state index in [-0.39, 0.29) is 31.8 Å². The highest BCUT2D eigenvalue weighted by atomic mass is 16.4. The average molecular weight is 447 g/mol. The quantitative estimate of drug-likeness (QED) is 0.0654. The van der Waals surface area contributed by atoms with Gasteiger partial charge in [-0.1, -0.05) is 0 Å². The molecule has 15 nitrogen and oxygen atoms in total. The largest absolute Gasteiger partial charge is 0.481 e. The van der Waals surface area contributed by atoms with Gasteiger partial charge in [-0.05, 0) is 19.3 Å². The van der Waals surface area contributed by atoms with E-state index in [0.29, 0.717) is 0 Å². The molecule has 0 fully saturated rings. The lowest BCUT2D eigenvalue weighted by Gasteiger charge is -2.23. The molecule has 0 radical (unpaired) electrons. The Morgan fingerprint density at radius 3 is 1.87 bits per heavy atom. The van der Waals surface area contributed by atoms with Crippen LogP contribution < -0.4 is 33.2 Å². The van der Waals surface area contributed by atoms with Crippen LogP contribution in [0, 0.1) is 0 Å². The molecule has 3 atom stereocenters. The first kappa shape index (κ1) is 27.5. The maximum absolute atomic E-state index is 12.6. The van der Waals surface area contributed by atoms with Crippen molar-refractivity contribution in [3.05, 3.63) is 0 Å². The second kappa shape index (κ2) is 14.5. The number of nitrogens with zero attached hydrogens (tertiary/aromatic N) is 1. The van der Waals surface area contributed by atoms with Crippen molar-refractivity contribution in [3.8, 4) is 0 Å². The summed E-state index contributed by atoms with van der Waals surface area (Å²) >= 11 is 0. The maximum Gasteiger partial charge on any atom is 0.328 e. The summed E-state index contributed by atoms with van der Waals surface area (Å²) in [5, 5.41) is 33.5. The minimum Gasteiger partial charge on any atom is -0.481 e. The molecular formula is C16H29N7O8. The summed E-state index contributed by atoms with van der Waals surface area (Å²) in [6.07, 6.45) is -0.537. The smallest absolute Gasteiger partial charge is 0.328 e. The molecule has 0 aliphatic heterocycles. The summed E-state index contributed by atoms with van der Waals surface area (Å²) in [5.74, 6) is -5.43. The molecule has 0 heterocycles. The highest BCUT2D eigenvalue weighted by Gasteiger charge is 2.29. The molecule has 0 aromatic carbocycles. The fourth-order valence-electron chi connectivity index (χ4n) is 2.29. The fraction of sp³-hybridized carbons (Fsp3) is 0.625. The van der Waals surface area contributed by atoms with Gasteiger partial charge in [0.25, 0.3) is 0 Å². The average Bonchev–Trinajstić information content (AvgIpc) is 2.70. The van der Waals surface area contributed by atoms with Gasteiger partial charge in [0.05, 0.1) is 13.2 Å². The molecular weight excluding hydrogens is 418 g/mol. The lowest BCUT2D eigenvalue weighted by Crippen LogP contribution is -2.56. The third-order valence-corrected chi connectivity index (χ3v) is 3.86. The van der Waals surface area contributed by atoms with Crippen molar-refractivity contribution >= 4 is 35.6 Å². The zero-order valence-electron chi connectivity index (χ0n) is 16.7. The number of nitrogens with one attached hydrogen (secondary N) is 3. The highest BCUT2D eigenvalue weighted by molar-refractivity contribution is 5.93.